The molecule has 0 spiro atoms. The summed E-state index contributed by atoms with van der Waals surface area (Å²) in [5.41, 5.74) is -0.202. The minimum Gasteiger partial charge on any atom is -0.481 e. The van der Waals surface area contributed by atoms with Gasteiger partial charge in [0, 0.05) is 18.5 Å². The van der Waals surface area contributed by atoms with Crippen molar-refractivity contribution in [3.63, 3.8) is 0 Å². The molecule has 1 fully saturated rings. The first-order chi connectivity index (χ1) is 8.06. The highest BCUT2D eigenvalue weighted by molar-refractivity contribution is 5.70. The maximum atomic E-state index is 11.4. The van der Waals surface area contributed by atoms with Crippen molar-refractivity contribution in [1.82, 2.24) is 9.97 Å². The number of aliphatic carboxylic acids is 1. The summed E-state index contributed by atoms with van der Waals surface area (Å²) < 4.78 is 0. The standard InChI is InChI=1S/C11H15N3O3/c1-6(11(16)17)5-12-8-4-9(15)14-10(13-8)7-2-3-7/h4,6-7H,2-3,5H2,1H3,(H,16,17)(H2,12,13,14,15). The number of aromatic nitrogens is 2. The maximum absolute atomic E-state index is 11.4. The fourth-order valence-electron chi connectivity index (χ4n) is 1.46. The molecule has 0 saturated heterocycles. The lowest BCUT2D eigenvalue weighted by Crippen LogP contribution is -2.21. The summed E-state index contributed by atoms with van der Waals surface area (Å²) in [6.45, 7) is 1.86. The van der Waals surface area contributed by atoms with Crippen molar-refractivity contribution in [2.24, 2.45) is 5.92 Å². The predicted octanol–water partition coefficient (Wildman–Crippen LogP) is 0.780. The van der Waals surface area contributed by atoms with Crippen molar-refractivity contribution in [1.29, 1.82) is 0 Å². The molecule has 92 valence electrons. The van der Waals surface area contributed by atoms with Crippen LogP contribution in [-0.4, -0.2) is 27.6 Å². The number of hydrogen-bond acceptors (Lipinski definition) is 4. The van der Waals surface area contributed by atoms with Crippen molar-refractivity contribution in [3.8, 4) is 0 Å². The van der Waals surface area contributed by atoms with Crippen LogP contribution < -0.4 is 10.9 Å². The smallest absolute Gasteiger partial charge is 0.308 e. The molecule has 3 N–H and O–H groups in total. The summed E-state index contributed by atoms with van der Waals surface area (Å²) in [7, 11) is 0. The molecule has 1 aromatic heterocycles. The Morgan fingerprint density at radius 2 is 2.41 bits per heavy atom. The van der Waals surface area contributed by atoms with Crippen molar-refractivity contribution in [2.45, 2.75) is 25.7 Å². The summed E-state index contributed by atoms with van der Waals surface area (Å²) in [6, 6.07) is 1.35. The third-order valence-electron chi connectivity index (χ3n) is 2.73. The Balaban J connectivity index is 2.05. The van der Waals surface area contributed by atoms with E-state index in [-0.39, 0.29) is 12.1 Å². The molecule has 0 amide bonds. The van der Waals surface area contributed by atoms with Crippen LogP contribution in [0.4, 0.5) is 5.82 Å². The van der Waals surface area contributed by atoms with E-state index in [4.69, 9.17) is 5.11 Å². The molecule has 0 bridgehead atoms. The molecule has 17 heavy (non-hydrogen) atoms. The Morgan fingerprint density at radius 3 is 3.00 bits per heavy atom. The van der Waals surface area contributed by atoms with Crippen LogP contribution in [0.1, 0.15) is 31.5 Å². The van der Waals surface area contributed by atoms with Gasteiger partial charge in [-0.05, 0) is 12.8 Å². The molecule has 1 aliphatic rings. The molecule has 1 aliphatic carbocycles. The summed E-state index contributed by atoms with van der Waals surface area (Å²) >= 11 is 0. The van der Waals surface area contributed by atoms with E-state index < -0.39 is 11.9 Å². The highest BCUT2D eigenvalue weighted by Gasteiger charge is 2.26. The number of H-pyrrole nitrogens is 1. The maximum Gasteiger partial charge on any atom is 0.308 e. The lowest BCUT2D eigenvalue weighted by Gasteiger charge is -2.09. The van der Waals surface area contributed by atoms with Gasteiger partial charge in [-0.1, -0.05) is 6.92 Å². The van der Waals surface area contributed by atoms with Crippen molar-refractivity contribution in [3.05, 3.63) is 22.2 Å². The number of nitrogens with one attached hydrogen (secondary N) is 2. The average Bonchev–Trinajstić information content (AvgIpc) is 3.08. The van der Waals surface area contributed by atoms with Gasteiger partial charge in [-0.15, -0.1) is 0 Å². The van der Waals surface area contributed by atoms with Crippen LogP contribution in [0.5, 0.6) is 0 Å². The van der Waals surface area contributed by atoms with Gasteiger partial charge in [0.25, 0.3) is 5.56 Å². The quantitative estimate of drug-likeness (QED) is 0.703. The number of carbonyl (C=O) groups is 1. The normalized spacial score (nSPS) is 16.5. The van der Waals surface area contributed by atoms with Crippen LogP contribution in [0.3, 0.4) is 0 Å². The Labute approximate surface area is 98.1 Å². The topological polar surface area (TPSA) is 95.1 Å². The summed E-state index contributed by atoms with van der Waals surface area (Å²) in [4.78, 5) is 29.0. The Hall–Kier alpha value is -1.85. The lowest BCUT2D eigenvalue weighted by molar-refractivity contribution is -0.140. The van der Waals surface area contributed by atoms with Gasteiger partial charge < -0.3 is 15.4 Å². The van der Waals surface area contributed by atoms with E-state index in [1.807, 2.05) is 0 Å². The van der Waals surface area contributed by atoms with Gasteiger partial charge >= 0.3 is 5.97 Å². The molecule has 1 unspecified atom stereocenters. The molecule has 0 radical (unpaired) electrons. The van der Waals surface area contributed by atoms with E-state index >= 15 is 0 Å². The predicted molar refractivity (Wildman–Crippen MR) is 62.1 cm³/mol. The minimum atomic E-state index is -0.871. The number of carboxylic acids is 1. The third-order valence-corrected chi connectivity index (χ3v) is 2.73. The zero-order valence-electron chi connectivity index (χ0n) is 9.56. The minimum absolute atomic E-state index is 0.202. The van der Waals surface area contributed by atoms with Crippen LogP contribution in [0.25, 0.3) is 0 Å². The van der Waals surface area contributed by atoms with Crippen molar-refractivity contribution >= 4 is 11.8 Å². The molecule has 1 heterocycles. The highest BCUT2D eigenvalue weighted by Crippen LogP contribution is 2.37. The summed E-state index contributed by atoms with van der Waals surface area (Å²) in [5, 5.41) is 11.6. The van der Waals surface area contributed by atoms with Crippen LogP contribution in [0.2, 0.25) is 0 Å². The average molecular weight is 237 g/mol. The molecule has 6 heteroatoms. The number of rotatable bonds is 5. The molecule has 1 saturated carbocycles. The second kappa shape index (κ2) is 4.57. The number of aromatic amines is 1. The molecule has 0 aromatic carbocycles. The van der Waals surface area contributed by atoms with E-state index in [0.717, 1.165) is 12.8 Å². The van der Waals surface area contributed by atoms with E-state index in [0.29, 0.717) is 17.6 Å². The Morgan fingerprint density at radius 1 is 1.71 bits per heavy atom. The van der Waals surface area contributed by atoms with Crippen LogP contribution >= 0.6 is 0 Å². The summed E-state index contributed by atoms with van der Waals surface area (Å²) in [6.07, 6.45) is 2.11. The first kappa shape index (κ1) is 11.6. The Bertz CT molecular complexity index is 479. The van der Waals surface area contributed by atoms with Crippen LogP contribution in [0, 0.1) is 5.92 Å². The zero-order chi connectivity index (χ0) is 12.4. The van der Waals surface area contributed by atoms with E-state index in [1.54, 1.807) is 6.92 Å². The van der Waals surface area contributed by atoms with E-state index in [1.165, 1.54) is 6.07 Å². The molecule has 6 nitrogen and oxygen atoms in total. The molecule has 2 rings (SSSR count). The van der Waals surface area contributed by atoms with Gasteiger partial charge in [-0.25, -0.2) is 4.98 Å². The van der Waals surface area contributed by atoms with E-state index in [9.17, 15) is 9.59 Å². The molecular weight excluding hydrogens is 222 g/mol. The zero-order valence-corrected chi connectivity index (χ0v) is 9.56. The lowest BCUT2D eigenvalue weighted by atomic mass is 10.2. The molecule has 1 atom stereocenters. The number of nitrogens with zero attached hydrogens (tertiary/aromatic N) is 1. The second-order valence-corrected chi connectivity index (χ2v) is 4.41. The SMILES string of the molecule is CC(CNc1cc(=O)[nH]c(C2CC2)n1)C(=O)O. The summed E-state index contributed by atoms with van der Waals surface area (Å²) in [5.74, 6) is 0.123. The van der Waals surface area contributed by atoms with Gasteiger partial charge in [0.15, 0.2) is 0 Å². The van der Waals surface area contributed by atoms with Gasteiger partial charge in [0.1, 0.15) is 11.6 Å². The van der Waals surface area contributed by atoms with Crippen LogP contribution in [0.15, 0.2) is 10.9 Å². The first-order valence-electron chi connectivity index (χ1n) is 5.64. The molecule has 0 aliphatic heterocycles. The molecular formula is C11H15N3O3. The first-order valence-corrected chi connectivity index (χ1v) is 5.64. The molecule has 1 aromatic rings. The van der Waals surface area contributed by atoms with Crippen molar-refractivity contribution in [2.75, 3.05) is 11.9 Å². The number of carboxylic acid groups (broad SMARTS) is 1. The van der Waals surface area contributed by atoms with Gasteiger partial charge in [0.05, 0.1) is 5.92 Å². The van der Waals surface area contributed by atoms with Gasteiger partial charge in [-0.3, -0.25) is 9.59 Å². The number of anilines is 1. The second-order valence-electron chi connectivity index (χ2n) is 4.41. The van der Waals surface area contributed by atoms with Gasteiger partial charge in [-0.2, -0.15) is 0 Å². The largest absolute Gasteiger partial charge is 0.481 e. The Kier molecular flexibility index (Phi) is 3.12. The van der Waals surface area contributed by atoms with Crippen LogP contribution in [-0.2, 0) is 4.79 Å². The van der Waals surface area contributed by atoms with E-state index in [2.05, 4.69) is 15.3 Å². The van der Waals surface area contributed by atoms with Crippen molar-refractivity contribution < 1.29 is 9.90 Å². The fraction of sp³-hybridized carbons (Fsp3) is 0.545. The van der Waals surface area contributed by atoms with Gasteiger partial charge in [0.2, 0.25) is 0 Å². The number of hydrogen-bond donors (Lipinski definition) is 3. The highest BCUT2D eigenvalue weighted by atomic mass is 16.4. The monoisotopic (exact) mass is 237 g/mol. The fourth-order valence-corrected chi connectivity index (χ4v) is 1.46. The third kappa shape index (κ3) is 3.05.